The van der Waals surface area contributed by atoms with E-state index in [0.717, 1.165) is 25.2 Å². The highest BCUT2D eigenvalue weighted by molar-refractivity contribution is 7.80. The Hall–Kier alpha value is -1.46. The van der Waals surface area contributed by atoms with E-state index in [4.69, 9.17) is 18.0 Å². The van der Waals surface area contributed by atoms with Crippen molar-refractivity contribution in [3.63, 3.8) is 0 Å². The molecule has 4 nitrogen and oxygen atoms in total. The highest BCUT2D eigenvalue weighted by atomic mass is 32.1. The summed E-state index contributed by atoms with van der Waals surface area (Å²) in [6, 6.07) is 7.46. The van der Waals surface area contributed by atoms with Crippen LogP contribution >= 0.6 is 12.2 Å². The van der Waals surface area contributed by atoms with Crippen LogP contribution in [0.15, 0.2) is 24.3 Å². The second kappa shape index (κ2) is 5.67. The van der Waals surface area contributed by atoms with Crippen molar-refractivity contribution in [2.75, 3.05) is 26.7 Å². The van der Waals surface area contributed by atoms with Crippen LogP contribution in [0.5, 0.6) is 0 Å². The smallest absolute Gasteiger partial charge is 0.254 e. The van der Waals surface area contributed by atoms with Gasteiger partial charge in [0.2, 0.25) is 0 Å². The standard InChI is InChI=1S/C14H19N3OS/c1-10-9-16(2)6-7-17(10)14(18)12-5-3-4-11(8-12)13(15)19/h3-5,8,10H,6-7,9H2,1-2H3,(H2,15,19). The van der Waals surface area contributed by atoms with Gasteiger partial charge >= 0.3 is 0 Å². The lowest BCUT2D eigenvalue weighted by molar-refractivity contribution is 0.0533. The molecule has 19 heavy (non-hydrogen) atoms. The molecule has 1 aliphatic rings. The minimum atomic E-state index is 0.0544. The Morgan fingerprint density at radius 2 is 2.05 bits per heavy atom. The fourth-order valence-electron chi connectivity index (χ4n) is 2.41. The normalized spacial score (nSPS) is 20.3. The van der Waals surface area contributed by atoms with Crippen LogP contribution in [0.1, 0.15) is 22.8 Å². The number of hydrogen-bond acceptors (Lipinski definition) is 3. The Morgan fingerprint density at radius 1 is 1.37 bits per heavy atom. The number of amides is 1. The van der Waals surface area contributed by atoms with Crippen LogP contribution in [0.2, 0.25) is 0 Å². The van der Waals surface area contributed by atoms with Gasteiger partial charge in [-0.15, -0.1) is 0 Å². The Bertz CT molecular complexity index is 503. The first kappa shape index (κ1) is 14.0. The topological polar surface area (TPSA) is 49.6 Å². The van der Waals surface area contributed by atoms with Crippen molar-refractivity contribution in [3.05, 3.63) is 35.4 Å². The van der Waals surface area contributed by atoms with Crippen molar-refractivity contribution in [2.24, 2.45) is 5.73 Å². The molecule has 102 valence electrons. The summed E-state index contributed by atoms with van der Waals surface area (Å²) in [6.07, 6.45) is 0. The van der Waals surface area contributed by atoms with Gasteiger partial charge in [-0.25, -0.2) is 0 Å². The zero-order valence-corrected chi connectivity index (χ0v) is 12.1. The van der Waals surface area contributed by atoms with E-state index in [1.165, 1.54) is 0 Å². The maximum absolute atomic E-state index is 12.5. The molecule has 1 aliphatic heterocycles. The fourth-order valence-corrected chi connectivity index (χ4v) is 2.54. The highest BCUT2D eigenvalue weighted by Crippen LogP contribution is 2.14. The third-order valence-corrected chi connectivity index (χ3v) is 3.72. The van der Waals surface area contributed by atoms with E-state index in [1.54, 1.807) is 6.07 Å². The summed E-state index contributed by atoms with van der Waals surface area (Å²) in [4.78, 5) is 17.0. The van der Waals surface area contributed by atoms with E-state index < -0.39 is 0 Å². The quantitative estimate of drug-likeness (QED) is 0.822. The summed E-state index contributed by atoms with van der Waals surface area (Å²) >= 11 is 4.95. The Kier molecular flexibility index (Phi) is 4.17. The van der Waals surface area contributed by atoms with Gasteiger partial charge in [0.05, 0.1) is 0 Å². The number of likely N-dealkylation sites (N-methyl/N-ethyl adjacent to an activating group) is 1. The molecule has 1 atom stereocenters. The van der Waals surface area contributed by atoms with Crippen LogP contribution in [0.25, 0.3) is 0 Å². The molecule has 1 amide bonds. The van der Waals surface area contributed by atoms with Gasteiger partial charge in [0, 0.05) is 36.8 Å². The first-order chi connectivity index (χ1) is 8.99. The van der Waals surface area contributed by atoms with Gasteiger partial charge in [0.1, 0.15) is 4.99 Å². The van der Waals surface area contributed by atoms with Crippen molar-refractivity contribution in [3.8, 4) is 0 Å². The molecule has 0 aromatic heterocycles. The molecule has 0 saturated carbocycles. The number of nitrogens with zero attached hydrogens (tertiary/aromatic N) is 2. The maximum Gasteiger partial charge on any atom is 0.254 e. The molecule has 1 saturated heterocycles. The van der Waals surface area contributed by atoms with E-state index in [2.05, 4.69) is 18.9 Å². The largest absolute Gasteiger partial charge is 0.389 e. The summed E-state index contributed by atoms with van der Waals surface area (Å²) in [7, 11) is 2.08. The molecule has 0 bridgehead atoms. The molecule has 1 aromatic rings. The van der Waals surface area contributed by atoms with Gasteiger partial charge in [0.15, 0.2) is 0 Å². The molecule has 1 unspecified atom stereocenters. The summed E-state index contributed by atoms with van der Waals surface area (Å²) in [5.41, 5.74) is 7.00. The predicted molar refractivity (Wildman–Crippen MR) is 80.3 cm³/mol. The van der Waals surface area contributed by atoms with E-state index in [-0.39, 0.29) is 11.9 Å². The predicted octanol–water partition coefficient (Wildman–Crippen LogP) is 1.10. The summed E-state index contributed by atoms with van der Waals surface area (Å²) in [5, 5.41) is 0. The fraction of sp³-hybridized carbons (Fsp3) is 0.429. The Labute approximate surface area is 119 Å². The zero-order chi connectivity index (χ0) is 14.0. The average molecular weight is 277 g/mol. The molecule has 0 aliphatic carbocycles. The maximum atomic E-state index is 12.5. The number of carbonyl (C=O) groups excluding carboxylic acids is 1. The number of rotatable bonds is 2. The molecule has 0 spiro atoms. The van der Waals surface area contributed by atoms with E-state index in [9.17, 15) is 4.79 Å². The van der Waals surface area contributed by atoms with Gasteiger partial charge < -0.3 is 15.5 Å². The van der Waals surface area contributed by atoms with Crippen molar-refractivity contribution in [1.29, 1.82) is 0 Å². The first-order valence-corrected chi connectivity index (χ1v) is 6.79. The van der Waals surface area contributed by atoms with Crippen molar-refractivity contribution < 1.29 is 4.79 Å². The summed E-state index contributed by atoms with van der Waals surface area (Å²) < 4.78 is 0. The van der Waals surface area contributed by atoms with Crippen LogP contribution in [-0.2, 0) is 0 Å². The van der Waals surface area contributed by atoms with Crippen LogP contribution in [-0.4, -0.2) is 53.4 Å². The van der Waals surface area contributed by atoms with E-state index >= 15 is 0 Å². The number of hydrogen-bond donors (Lipinski definition) is 1. The van der Waals surface area contributed by atoms with E-state index in [0.29, 0.717) is 10.6 Å². The summed E-state index contributed by atoms with van der Waals surface area (Å²) in [6.45, 7) is 4.64. The second-order valence-electron chi connectivity index (χ2n) is 5.05. The van der Waals surface area contributed by atoms with E-state index in [1.807, 2.05) is 23.1 Å². The number of thiocarbonyl (C=S) groups is 1. The lowest BCUT2D eigenvalue weighted by Gasteiger charge is -2.38. The minimum absolute atomic E-state index is 0.0544. The molecule has 2 rings (SSSR count). The highest BCUT2D eigenvalue weighted by Gasteiger charge is 2.26. The SMILES string of the molecule is CC1CN(C)CCN1C(=O)c1cccc(C(N)=S)c1. The van der Waals surface area contributed by atoms with Gasteiger partial charge in [0.25, 0.3) is 5.91 Å². The number of carbonyl (C=O) groups is 1. The van der Waals surface area contributed by atoms with Crippen LogP contribution in [0.4, 0.5) is 0 Å². The van der Waals surface area contributed by atoms with Gasteiger partial charge in [-0.3, -0.25) is 4.79 Å². The van der Waals surface area contributed by atoms with Crippen molar-refractivity contribution >= 4 is 23.1 Å². The third kappa shape index (κ3) is 3.11. The van der Waals surface area contributed by atoms with Crippen molar-refractivity contribution in [2.45, 2.75) is 13.0 Å². The van der Waals surface area contributed by atoms with Gasteiger partial charge in [-0.1, -0.05) is 24.4 Å². The average Bonchev–Trinajstić information content (AvgIpc) is 2.38. The Balaban J connectivity index is 2.19. The molecular weight excluding hydrogens is 258 g/mol. The molecule has 1 aromatic carbocycles. The Morgan fingerprint density at radius 3 is 2.68 bits per heavy atom. The number of nitrogens with two attached hydrogens (primary N) is 1. The molecule has 0 radical (unpaired) electrons. The minimum Gasteiger partial charge on any atom is -0.389 e. The molecule has 5 heteroatoms. The van der Waals surface area contributed by atoms with Crippen LogP contribution < -0.4 is 5.73 Å². The van der Waals surface area contributed by atoms with Crippen LogP contribution in [0.3, 0.4) is 0 Å². The third-order valence-electron chi connectivity index (χ3n) is 3.49. The first-order valence-electron chi connectivity index (χ1n) is 6.38. The van der Waals surface area contributed by atoms with Crippen LogP contribution in [0, 0.1) is 0 Å². The molecule has 1 heterocycles. The monoisotopic (exact) mass is 277 g/mol. The lowest BCUT2D eigenvalue weighted by atomic mass is 10.1. The molecule has 2 N–H and O–H groups in total. The second-order valence-corrected chi connectivity index (χ2v) is 5.49. The lowest BCUT2D eigenvalue weighted by Crippen LogP contribution is -2.52. The molecular formula is C14H19N3OS. The molecule has 1 fully saturated rings. The van der Waals surface area contributed by atoms with Gasteiger partial charge in [-0.05, 0) is 26.1 Å². The number of benzene rings is 1. The zero-order valence-electron chi connectivity index (χ0n) is 11.3. The number of piperazine rings is 1. The summed E-state index contributed by atoms with van der Waals surface area (Å²) in [5.74, 6) is 0.0544. The van der Waals surface area contributed by atoms with Crippen molar-refractivity contribution in [1.82, 2.24) is 9.80 Å². The van der Waals surface area contributed by atoms with Gasteiger partial charge in [-0.2, -0.15) is 0 Å².